The van der Waals surface area contributed by atoms with Crippen LogP contribution in [0.1, 0.15) is 66.9 Å². The third kappa shape index (κ3) is 5.13. The number of hydrogen-bond donors (Lipinski definition) is 0. The molecule has 0 spiro atoms. The largest absolute Gasteiger partial charge is 0.494 e. The molecule has 2 heterocycles. The summed E-state index contributed by atoms with van der Waals surface area (Å²) in [7, 11) is 0. The van der Waals surface area contributed by atoms with Crippen LogP contribution in [0.3, 0.4) is 0 Å². The van der Waals surface area contributed by atoms with E-state index in [0.717, 1.165) is 28.3 Å². The SMILES string of the molecule is CCCN(C(=O)[C@@H]1c2ccccc2C(=O)N(CC(C)C)[C@H]1c1cccs1)c1ccc(OCC)cc1. The molecule has 1 aromatic heterocycles. The number of thiophene rings is 1. The second-order valence-electron chi connectivity index (χ2n) is 9.29. The summed E-state index contributed by atoms with van der Waals surface area (Å²) in [6.45, 7) is 10.0. The number of amides is 2. The molecular weight excluding hydrogens is 456 g/mol. The fourth-order valence-electron chi connectivity index (χ4n) is 4.88. The third-order valence-electron chi connectivity index (χ3n) is 6.27. The van der Waals surface area contributed by atoms with E-state index in [1.54, 1.807) is 11.3 Å². The first kappa shape index (κ1) is 25.0. The molecule has 0 saturated carbocycles. The Balaban J connectivity index is 1.83. The zero-order chi connectivity index (χ0) is 24.9. The van der Waals surface area contributed by atoms with E-state index in [1.807, 2.05) is 82.8 Å². The van der Waals surface area contributed by atoms with Gasteiger partial charge in [-0.2, -0.15) is 0 Å². The summed E-state index contributed by atoms with van der Waals surface area (Å²) in [6, 6.07) is 19.0. The molecule has 0 unspecified atom stereocenters. The fourth-order valence-corrected chi connectivity index (χ4v) is 5.75. The van der Waals surface area contributed by atoms with Crippen molar-refractivity contribution in [1.29, 1.82) is 0 Å². The molecule has 2 aromatic carbocycles. The molecule has 0 fully saturated rings. The van der Waals surface area contributed by atoms with Gasteiger partial charge in [-0.15, -0.1) is 11.3 Å². The van der Waals surface area contributed by atoms with Crippen molar-refractivity contribution in [3.05, 3.63) is 82.0 Å². The standard InChI is InChI=1S/C29H34N2O3S/c1-5-17-30(21-13-15-22(16-14-21)34-6-2)29(33)26-23-10-7-8-11-24(23)28(32)31(19-20(3)4)27(26)25-12-9-18-35-25/h7-16,18,20,26-27H,5-6,17,19H2,1-4H3/t26-,27+/m1/s1. The maximum absolute atomic E-state index is 14.5. The Hall–Kier alpha value is -3.12. The highest BCUT2D eigenvalue weighted by atomic mass is 32.1. The molecule has 0 N–H and O–H groups in total. The first-order chi connectivity index (χ1) is 17.0. The van der Waals surface area contributed by atoms with Gasteiger partial charge in [-0.05, 0) is 66.6 Å². The number of nitrogens with zero attached hydrogens (tertiary/aromatic N) is 2. The Labute approximate surface area is 212 Å². The number of benzene rings is 2. The molecule has 4 rings (SSSR count). The molecule has 5 nitrogen and oxygen atoms in total. The van der Waals surface area contributed by atoms with Crippen LogP contribution in [-0.2, 0) is 4.79 Å². The van der Waals surface area contributed by atoms with Crippen LogP contribution in [0.5, 0.6) is 5.75 Å². The Kier molecular flexibility index (Phi) is 7.91. The first-order valence-corrected chi connectivity index (χ1v) is 13.3. The molecule has 184 valence electrons. The Morgan fingerprint density at radius 3 is 2.43 bits per heavy atom. The van der Waals surface area contributed by atoms with E-state index < -0.39 is 5.92 Å². The van der Waals surface area contributed by atoms with Crippen molar-refractivity contribution in [2.75, 3.05) is 24.6 Å². The topological polar surface area (TPSA) is 49.9 Å². The van der Waals surface area contributed by atoms with Crippen LogP contribution in [0.25, 0.3) is 0 Å². The Bertz CT molecular complexity index is 1140. The van der Waals surface area contributed by atoms with Crippen molar-refractivity contribution in [3.63, 3.8) is 0 Å². The minimum Gasteiger partial charge on any atom is -0.494 e. The second-order valence-corrected chi connectivity index (χ2v) is 10.3. The average Bonchev–Trinajstić information content (AvgIpc) is 3.39. The lowest BCUT2D eigenvalue weighted by Gasteiger charge is -2.43. The van der Waals surface area contributed by atoms with Crippen molar-refractivity contribution in [3.8, 4) is 5.75 Å². The van der Waals surface area contributed by atoms with Gasteiger partial charge in [0.05, 0.1) is 18.6 Å². The van der Waals surface area contributed by atoms with Crippen molar-refractivity contribution < 1.29 is 14.3 Å². The van der Waals surface area contributed by atoms with Crippen LogP contribution in [0.2, 0.25) is 0 Å². The zero-order valence-electron chi connectivity index (χ0n) is 20.9. The summed E-state index contributed by atoms with van der Waals surface area (Å²) in [5.74, 6) is 0.594. The van der Waals surface area contributed by atoms with Gasteiger partial charge in [0, 0.05) is 29.2 Å². The summed E-state index contributed by atoms with van der Waals surface area (Å²) in [5, 5.41) is 2.02. The molecule has 1 aliphatic rings. The maximum Gasteiger partial charge on any atom is 0.254 e. The number of fused-ring (bicyclic) bond motifs is 1. The normalized spacial score (nSPS) is 17.4. The van der Waals surface area contributed by atoms with E-state index in [4.69, 9.17) is 4.74 Å². The Morgan fingerprint density at radius 1 is 1.06 bits per heavy atom. The lowest BCUT2D eigenvalue weighted by atomic mass is 9.80. The molecule has 2 amide bonds. The summed E-state index contributed by atoms with van der Waals surface area (Å²) < 4.78 is 5.61. The predicted octanol–water partition coefficient (Wildman–Crippen LogP) is 6.53. The smallest absolute Gasteiger partial charge is 0.254 e. The summed E-state index contributed by atoms with van der Waals surface area (Å²) in [5.41, 5.74) is 2.28. The van der Waals surface area contributed by atoms with Gasteiger partial charge in [0.15, 0.2) is 0 Å². The summed E-state index contributed by atoms with van der Waals surface area (Å²) in [4.78, 5) is 33.0. The molecule has 0 saturated heterocycles. The van der Waals surface area contributed by atoms with Gasteiger partial charge >= 0.3 is 0 Å². The van der Waals surface area contributed by atoms with Crippen molar-refractivity contribution >= 4 is 28.8 Å². The molecule has 2 atom stereocenters. The van der Waals surface area contributed by atoms with E-state index >= 15 is 0 Å². The number of ether oxygens (including phenoxy) is 1. The third-order valence-corrected chi connectivity index (χ3v) is 7.22. The quantitative estimate of drug-likeness (QED) is 0.343. The first-order valence-electron chi connectivity index (χ1n) is 12.4. The van der Waals surface area contributed by atoms with Gasteiger partial charge in [0.1, 0.15) is 5.75 Å². The predicted molar refractivity (Wildman–Crippen MR) is 142 cm³/mol. The summed E-state index contributed by atoms with van der Waals surface area (Å²) >= 11 is 1.61. The van der Waals surface area contributed by atoms with E-state index in [1.165, 1.54) is 0 Å². The minimum atomic E-state index is -0.487. The molecule has 0 aliphatic carbocycles. The number of carbonyl (C=O) groups excluding carboxylic acids is 2. The highest BCUT2D eigenvalue weighted by molar-refractivity contribution is 7.10. The molecule has 35 heavy (non-hydrogen) atoms. The lowest BCUT2D eigenvalue weighted by Crippen LogP contribution is -2.49. The highest BCUT2D eigenvalue weighted by Crippen LogP contribution is 2.45. The maximum atomic E-state index is 14.5. The molecule has 6 heteroatoms. The highest BCUT2D eigenvalue weighted by Gasteiger charge is 2.46. The fraction of sp³-hybridized carbons (Fsp3) is 0.379. The number of hydrogen-bond acceptors (Lipinski definition) is 4. The molecule has 1 aliphatic heterocycles. The molecule has 3 aromatic rings. The van der Waals surface area contributed by atoms with E-state index in [-0.39, 0.29) is 23.8 Å². The monoisotopic (exact) mass is 490 g/mol. The molecular formula is C29H34N2O3S. The van der Waals surface area contributed by atoms with Crippen molar-refractivity contribution in [1.82, 2.24) is 4.90 Å². The van der Waals surface area contributed by atoms with Crippen LogP contribution in [-0.4, -0.2) is 36.4 Å². The number of carbonyl (C=O) groups is 2. The van der Waals surface area contributed by atoms with E-state index in [9.17, 15) is 9.59 Å². The van der Waals surface area contributed by atoms with E-state index in [0.29, 0.717) is 25.3 Å². The van der Waals surface area contributed by atoms with Crippen molar-refractivity contribution in [2.45, 2.75) is 46.1 Å². The van der Waals surface area contributed by atoms with Crippen LogP contribution < -0.4 is 9.64 Å². The molecule has 0 radical (unpaired) electrons. The van der Waals surface area contributed by atoms with Gasteiger partial charge in [-0.1, -0.05) is 45.0 Å². The number of anilines is 1. The number of rotatable bonds is 9. The Morgan fingerprint density at radius 2 is 1.80 bits per heavy atom. The average molecular weight is 491 g/mol. The lowest BCUT2D eigenvalue weighted by molar-refractivity contribution is -0.121. The summed E-state index contributed by atoms with van der Waals surface area (Å²) in [6.07, 6.45) is 0.825. The van der Waals surface area contributed by atoms with Gasteiger partial charge in [0.25, 0.3) is 5.91 Å². The molecule has 0 bridgehead atoms. The van der Waals surface area contributed by atoms with Gasteiger partial charge in [-0.3, -0.25) is 9.59 Å². The minimum absolute atomic E-state index is 0.000131. The van der Waals surface area contributed by atoms with Crippen molar-refractivity contribution in [2.24, 2.45) is 5.92 Å². The van der Waals surface area contributed by atoms with Gasteiger partial charge < -0.3 is 14.5 Å². The van der Waals surface area contributed by atoms with Crippen LogP contribution in [0.15, 0.2) is 66.0 Å². The van der Waals surface area contributed by atoms with E-state index in [2.05, 4.69) is 20.8 Å². The van der Waals surface area contributed by atoms with Gasteiger partial charge in [-0.25, -0.2) is 0 Å². The van der Waals surface area contributed by atoms with Crippen LogP contribution in [0, 0.1) is 5.92 Å². The second kappa shape index (κ2) is 11.1. The zero-order valence-corrected chi connectivity index (χ0v) is 21.8. The van der Waals surface area contributed by atoms with Crippen LogP contribution >= 0.6 is 11.3 Å². The van der Waals surface area contributed by atoms with Crippen LogP contribution in [0.4, 0.5) is 5.69 Å². The van der Waals surface area contributed by atoms with Gasteiger partial charge in [0.2, 0.25) is 5.91 Å².